The number of pyridine rings is 1. The van der Waals surface area contributed by atoms with Gasteiger partial charge in [0.25, 0.3) is 14.1 Å². The lowest BCUT2D eigenvalue weighted by atomic mass is 9.80. The molecule has 1 aliphatic rings. The van der Waals surface area contributed by atoms with Crippen molar-refractivity contribution in [1.82, 2.24) is 28.6 Å². The zero-order valence-corrected chi connectivity index (χ0v) is 57.7. The molecule has 0 N–H and O–H groups in total. The summed E-state index contributed by atoms with van der Waals surface area (Å²) in [5.74, 6) is 5.76. The first kappa shape index (κ1) is 75.5. The third kappa shape index (κ3) is 21.3. The van der Waals surface area contributed by atoms with Gasteiger partial charge in [-0.2, -0.15) is 5.26 Å². The lowest BCUT2D eigenvalue weighted by Crippen LogP contribution is -2.43. The van der Waals surface area contributed by atoms with Crippen LogP contribution in [0, 0.1) is 30.1 Å². The maximum atomic E-state index is 14.7. The van der Waals surface area contributed by atoms with Crippen molar-refractivity contribution in [2.24, 2.45) is 0 Å². The molecular formula is C71H86N7O18P. The van der Waals surface area contributed by atoms with Crippen LogP contribution >= 0.6 is 8.53 Å². The van der Waals surface area contributed by atoms with Gasteiger partial charge in [-0.25, -0.2) is 9.46 Å². The van der Waals surface area contributed by atoms with Crippen LogP contribution in [0.1, 0.15) is 91.5 Å². The Bertz CT molecular complexity index is 3630. The molecule has 4 atom stereocenters. The smallest absolute Gasteiger partial charge is 0.333 e. The summed E-state index contributed by atoms with van der Waals surface area (Å²) >= 11 is 0. The predicted octanol–water partition coefficient (Wildman–Crippen LogP) is 7.48. The highest BCUT2D eigenvalue weighted by Crippen LogP contribution is 2.51. The summed E-state index contributed by atoms with van der Waals surface area (Å²) in [5, 5.41) is 9.56. The van der Waals surface area contributed by atoms with E-state index in [1.54, 1.807) is 57.5 Å². The van der Waals surface area contributed by atoms with Gasteiger partial charge < -0.3 is 56.4 Å². The zero-order chi connectivity index (χ0) is 70.0. The van der Waals surface area contributed by atoms with Crippen molar-refractivity contribution in [2.45, 2.75) is 103 Å². The van der Waals surface area contributed by atoms with Crippen LogP contribution in [0.5, 0.6) is 17.2 Å². The lowest BCUT2D eigenvalue weighted by molar-refractivity contribution is -0.147. The maximum Gasteiger partial charge on any atom is 0.333 e. The fourth-order valence-corrected chi connectivity index (χ4v) is 12.7. The van der Waals surface area contributed by atoms with Crippen LogP contribution in [0.4, 0.5) is 0 Å². The maximum absolute atomic E-state index is 14.7. The minimum atomic E-state index is -1.80. The first-order chi connectivity index (χ1) is 46.7. The summed E-state index contributed by atoms with van der Waals surface area (Å²) in [5.41, 5.74) is 2.35. The molecule has 0 amide bonds. The van der Waals surface area contributed by atoms with Gasteiger partial charge in [-0.15, -0.1) is 0 Å². The number of carbonyl (C=O) groups is 4. The Morgan fingerprint density at radius 1 is 0.660 bits per heavy atom. The minimum Gasteiger partial charge on any atom is -0.497 e. The number of hydrogen-bond donors (Lipinski definition) is 0. The van der Waals surface area contributed by atoms with E-state index in [-0.39, 0.29) is 104 Å². The molecule has 1 fully saturated rings. The first-order valence-corrected chi connectivity index (χ1v) is 32.7. The second-order valence-corrected chi connectivity index (χ2v) is 24.4. The van der Waals surface area contributed by atoms with Crippen LogP contribution in [0.2, 0.25) is 0 Å². The fourth-order valence-electron chi connectivity index (χ4n) is 10.9. The van der Waals surface area contributed by atoms with Crippen molar-refractivity contribution in [3.05, 3.63) is 187 Å². The normalized spacial score (nSPS) is 14.8. The summed E-state index contributed by atoms with van der Waals surface area (Å²) in [6, 6.07) is 37.8. The van der Waals surface area contributed by atoms with E-state index >= 15 is 0 Å². The van der Waals surface area contributed by atoms with E-state index in [1.165, 1.54) is 49.0 Å². The van der Waals surface area contributed by atoms with Gasteiger partial charge in [-0.3, -0.25) is 47.9 Å². The van der Waals surface area contributed by atoms with Crippen molar-refractivity contribution in [1.29, 1.82) is 5.26 Å². The molecule has 6 aromatic rings. The Labute approximate surface area is 566 Å². The van der Waals surface area contributed by atoms with Gasteiger partial charge in [0.1, 0.15) is 41.8 Å². The number of benzene rings is 4. The number of aromatic nitrogens is 3. The highest BCUT2D eigenvalue weighted by molar-refractivity contribution is 7.44. The number of rotatable bonds is 36. The number of methoxy groups -OCH3 is 6. The molecule has 4 aromatic carbocycles. The molecule has 4 unspecified atom stereocenters. The average Bonchev–Trinajstić information content (AvgIpc) is 1.78. The Morgan fingerprint density at radius 2 is 1.16 bits per heavy atom. The predicted molar refractivity (Wildman–Crippen MR) is 358 cm³/mol. The highest BCUT2D eigenvalue weighted by Gasteiger charge is 2.45. The number of nitrogens with zero attached hydrogens (tertiary/aromatic N) is 7. The molecule has 0 bridgehead atoms. The number of esters is 4. The average molecular weight is 1360 g/mol. The van der Waals surface area contributed by atoms with E-state index in [0.29, 0.717) is 45.3 Å². The highest BCUT2D eigenvalue weighted by atomic mass is 31.2. The molecule has 0 aliphatic carbocycles. The van der Waals surface area contributed by atoms with Crippen LogP contribution in [0.3, 0.4) is 0 Å². The van der Waals surface area contributed by atoms with Gasteiger partial charge >= 0.3 is 29.6 Å². The van der Waals surface area contributed by atoms with Crippen molar-refractivity contribution < 1.29 is 75.6 Å². The third-order valence-corrected chi connectivity index (χ3v) is 17.7. The molecule has 3 heterocycles. The molecule has 26 heteroatoms. The first-order valence-electron chi connectivity index (χ1n) is 31.5. The number of hydrogen-bond acceptors (Lipinski definition) is 23. The molecule has 25 nitrogen and oxygen atoms in total. The summed E-state index contributed by atoms with van der Waals surface area (Å²) in [6.45, 7) is 9.09. The molecule has 2 aromatic heterocycles. The quantitative estimate of drug-likeness (QED) is 0.00921. The van der Waals surface area contributed by atoms with Gasteiger partial charge in [0.2, 0.25) is 0 Å². The Morgan fingerprint density at radius 3 is 1.66 bits per heavy atom. The van der Waals surface area contributed by atoms with Crippen LogP contribution < -0.4 is 25.5 Å². The summed E-state index contributed by atoms with van der Waals surface area (Å²) in [7, 11) is 6.35. The Kier molecular flexibility index (Phi) is 29.3. The van der Waals surface area contributed by atoms with Gasteiger partial charge in [0, 0.05) is 54.5 Å². The number of carbonyl (C=O) groups excluding carboxylic acids is 4. The van der Waals surface area contributed by atoms with Crippen LogP contribution in [-0.4, -0.2) is 179 Å². The molecule has 0 spiro atoms. The minimum absolute atomic E-state index is 0.00468. The molecule has 97 heavy (non-hydrogen) atoms. The molecule has 518 valence electrons. The molecular weight excluding hydrogens is 1270 g/mol. The van der Waals surface area contributed by atoms with E-state index in [1.807, 2.05) is 78.9 Å². The van der Waals surface area contributed by atoms with E-state index in [0.717, 1.165) is 21.3 Å². The van der Waals surface area contributed by atoms with Crippen molar-refractivity contribution in [3.63, 3.8) is 0 Å². The van der Waals surface area contributed by atoms with Gasteiger partial charge in [0.15, 0.2) is 0 Å². The molecule has 1 saturated heterocycles. The lowest BCUT2D eigenvalue weighted by Gasteiger charge is -2.39. The Balaban J connectivity index is 1.08. The summed E-state index contributed by atoms with van der Waals surface area (Å²) < 4.78 is 75.0. The van der Waals surface area contributed by atoms with Crippen LogP contribution in [-0.2, 0) is 86.6 Å². The van der Waals surface area contributed by atoms with E-state index in [2.05, 4.69) is 50.3 Å². The third-order valence-electron chi connectivity index (χ3n) is 15.6. The van der Waals surface area contributed by atoms with E-state index in [9.17, 15) is 34.0 Å². The largest absolute Gasteiger partial charge is 0.497 e. The topological polar surface area (TPSA) is 269 Å². The number of aryl methyl sites for hydroxylation is 1. The molecule has 7 rings (SSSR count). The fraction of sp³-hybridized carbons (Fsp3) is 0.437. The molecule has 0 saturated carbocycles. The summed E-state index contributed by atoms with van der Waals surface area (Å²) in [6.07, 6.45) is -0.665. The van der Waals surface area contributed by atoms with E-state index < -0.39 is 67.7 Å². The molecule has 1 aliphatic heterocycles. The number of ether oxygens (including phenoxy) is 10. The van der Waals surface area contributed by atoms with Crippen LogP contribution in [0.25, 0.3) is 0 Å². The van der Waals surface area contributed by atoms with Crippen LogP contribution in [0.15, 0.2) is 131 Å². The van der Waals surface area contributed by atoms with Gasteiger partial charge in [-0.05, 0) is 112 Å². The van der Waals surface area contributed by atoms with E-state index in [4.69, 9.17) is 61.4 Å². The number of nitriles is 1. The zero-order valence-electron chi connectivity index (χ0n) is 56.8. The van der Waals surface area contributed by atoms with Crippen molar-refractivity contribution in [2.75, 3.05) is 102 Å². The molecule has 0 radical (unpaired) electrons. The second-order valence-electron chi connectivity index (χ2n) is 23.0. The Hall–Kier alpha value is -8.85. The van der Waals surface area contributed by atoms with Gasteiger partial charge in [-0.1, -0.05) is 66.4 Å². The SMILES string of the molecule is COC(=O)CN(CC(=O)OC)Cc1cc(C#Cc2ccc(OCCOCCn3c(=O)c(C)cn(C4CC(OP(OCCC#N)N(C(C)C)C(C)C)C(COC(c5ccccc5)(c5ccc(OC)cc5)c5ccc(OC)cc5)O4)c3=O)cc2)cc(CN(CC(=O)OC)CC(=O)OC)n1. The van der Waals surface area contributed by atoms with Crippen molar-refractivity contribution in [3.8, 4) is 35.2 Å². The summed E-state index contributed by atoms with van der Waals surface area (Å²) in [4.78, 5) is 85.6. The monoisotopic (exact) mass is 1360 g/mol. The second kappa shape index (κ2) is 37.6. The van der Waals surface area contributed by atoms with Crippen molar-refractivity contribution >= 4 is 32.4 Å². The van der Waals surface area contributed by atoms with Gasteiger partial charge in [0.05, 0.1) is 132 Å². The standard InChI is InChI=1S/C71H86N7O18P/c1-49(2)78(50(3)4)97(94-34-15-32-72)96-62-40-64(95-63(62)48-93-71(54-16-13-12-14-17-54,55-22-28-59(85-6)29-23-55)56-24-30-60(86-7)31-25-56)77-41-51(5)69(83)76(70(77)84)33-35-91-36-37-92-61-26-20-52(21-27-61)18-19-53-38-57(42-74(44-65(79)87-8)45-66(80)88-9)73-58(39-53)43-75(46-67(81)89-10)47-68(82)90-11/h12-14,16-17,20-31,38-39,41,49-50,62-64H,15,33-37,40,42-48H2,1-11H3.